The van der Waals surface area contributed by atoms with E-state index in [2.05, 4.69) is 56.6 Å². The highest BCUT2D eigenvalue weighted by Crippen LogP contribution is 2.39. The van der Waals surface area contributed by atoms with E-state index in [1.54, 1.807) is 6.92 Å². The molecule has 0 aliphatic carbocycles. The third kappa shape index (κ3) is 3.63. The molecule has 1 aromatic heterocycles. The van der Waals surface area contributed by atoms with E-state index in [1.165, 1.54) is 16.5 Å². The average molecular weight is 405 g/mol. The van der Waals surface area contributed by atoms with Crippen LogP contribution in [0.2, 0.25) is 0 Å². The molecule has 2 aliphatic rings. The van der Waals surface area contributed by atoms with Gasteiger partial charge in [-0.05, 0) is 50.1 Å². The summed E-state index contributed by atoms with van der Waals surface area (Å²) in [5, 5.41) is 4.29. The van der Waals surface area contributed by atoms with E-state index in [-0.39, 0.29) is 5.91 Å². The van der Waals surface area contributed by atoms with Crippen LogP contribution < -0.4 is 15.0 Å². The van der Waals surface area contributed by atoms with E-state index in [4.69, 9.17) is 4.74 Å². The molecule has 0 spiro atoms. The van der Waals surface area contributed by atoms with Crippen LogP contribution in [-0.2, 0) is 11.2 Å². The molecule has 2 aliphatic heterocycles. The Morgan fingerprint density at radius 3 is 2.77 bits per heavy atom. The number of aryl methyl sites for hydroxylation is 1. The Hall–Kier alpha value is -2.99. The second-order valence-electron chi connectivity index (χ2n) is 8.19. The summed E-state index contributed by atoms with van der Waals surface area (Å²) in [6.07, 6.45) is 3.96. The van der Waals surface area contributed by atoms with Gasteiger partial charge in [-0.1, -0.05) is 24.3 Å². The lowest BCUT2D eigenvalue weighted by Crippen LogP contribution is -2.47. The first-order valence-corrected chi connectivity index (χ1v) is 10.8. The first-order valence-electron chi connectivity index (χ1n) is 10.8. The first kappa shape index (κ1) is 19.0. The number of para-hydroxylation sites is 2. The second kappa shape index (κ2) is 8.03. The molecule has 0 bridgehead atoms. The number of H-pyrrole nitrogens is 1. The smallest absolute Gasteiger partial charge is 0.265 e. The van der Waals surface area contributed by atoms with E-state index in [0.717, 1.165) is 62.7 Å². The number of nitrogens with zero attached hydrogens (tertiary/aromatic N) is 2. The van der Waals surface area contributed by atoms with Gasteiger partial charge >= 0.3 is 0 Å². The summed E-state index contributed by atoms with van der Waals surface area (Å²) < 4.78 is 5.93. The lowest BCUT2D eigenvalue weighted by atomic mass is 10.1. The van der Waals surface area contributed by atoms with Gasteiger partial charge in [0.05, 0.1) is 11.4 Å². The van der Waals surface area contributed by atoms with Gasteiger partial charge < -0.3 is 19.9 Å². The van der Waals surface area contributed by atoms with Gasteiger partial charge in [0, 0.05) is 43.3 Å². The molecular formula is C24H28N4O2. The number of aromatic amines is 1. The van der Waals surface area contributed by atoms with Crippen LogP contribution in [-0.4, -0.2) is 54.6 Å². The Morgan fingerprint density at radius 1 is 1.07 bits per heavy atom. The molecule has 0 saturated carbocycles. The summed E-state index contributed by atoms with van der Waals surface area (Å²) in [6, 6.07) is 14.5. The molecule has 1 atom stereocenters. The fraction of sp³-hybridized carbons (Fsp3) is 0.375. The Balaban J connectivity index is 1.16. The number of ether oxygens (including phenoxy) is 1. The Labute approximate surface area is 176 Å². The van der Waals surface area contributed by atoms with Gasteiger partial charge in [0.25, 0.3) is 5.91 Å². The Bertz CT molecular complexity index is 1050. The summed E-state index contributed by atoms with van der Waals surface area (Å²) in [5.41, 5.74) is 4.49. The van der Waals surface area contributed by atoms with Gasteiger partial charge in [0.2, 0.25) is 0 Å². The van der Waals surface area contributed by atoms with Gasteiger partial charge in [-0.15, -0.1) is 0 Å². The van der Waals surface area contributed by atoms with Crippen molar-refractivity contribution < 1.29 is 9.53 Å². The number of amides is 1. The molecule has 6 heteroatoms. The van der Waals surface area contributed by atoms with E-state index in [9.17, 15) is 4.79 Å². The quantitative estimate of drug-likeness (QED) is 0.682. The molecule has 2 N–H and O–H groups in total. The van der Waals surface area contributed by atoms with Crippen molar-refractivity contribution in [3.63, 3.8) is 0 Å². The predicted octanol–water partition coefficient (Wildman–Crippen LogP) is 3.64. The molecule has 0 unspecified atom stereocenters. The van der Waals surface area contributed by atoms with Gasteiger partial charge in [-0.2, -0.15) is 0 Å². The maximum atomic E-state index is 11.9. The number of benzene rings is 2. The third-order valence-corrected chi connectivity index (χ3v) is 6.22. The van der Waals surface area contributed by atoms with E-state index in [1.807, 2.05) is 12.1 Å². The number of carbonyl (C=O) groups is 1. The van der Waals surface area contributed by atoms with Crippen molar-refractivity contribution in [3.05, 3.63) is 54.2 Å². The van der Waals surface area contributed by atoms with Crippen molar-refractivity contribution in [2.75, 3.05) is 42.9 Å². The van der Waals surface area contributed by atoms with Crippen LogP contribution in [0.4, 0.5) is 11.4 Å². The summed E-state index contributed by atoms with van der Waals surface area (Å²) in [4.78, 5) is 20.2. The number of hydrogen-bond acceptors (Lipinski definition) is 4. The largest absolute Gasteiger partial charge is 0.477 e. The van der Waals surface area contributed by atoms with Crippen LogP contribution in [0.25, 0.3) is 10.9 Å². The third-order valence-electron chi connectivity index (χ3n) is 6.22. The number of anilines is 2. The van der Waals surface area contributed by atoms with Gasteiger partial charge in [0.15, 0.2) is 11.9 Å². The minimum atomic E-state index is -0.454. The number of hydrogen-bond donors (Lipinski definition) is 2. The SMILES string of the molecule is C[C@H]1Oc2c(cccc2N2CCN(CCCc3c[nH]c4ccccc34)CC2)NC1=O. The topological polar surface area (TPSA) is 60.6 Å². The van der Waals surface area contributed by atoms with E-state index >= 15 is 0 Å². The molecule has 1 amide bonds. The maximum absolute atomic E-state index is 11.9. The number of carbonyl (C=O) groups excluding carboxylic acids is 1. The minimum Gasteiger partial charge on any atom is -0.477 e. The lowest BCUT2D eigenvalue weighted by molar-refractivity contribution is -0.122. The molecule has 6 nitrogen and oxygen atoms in total. The Kier molecular flexibility index (Phi) is 5.09. The number of aromatic nitrogens is 1. The van der Waals surface area contributed by atoms with Crippen LogP contribution in [0.1, 0.15) is 18.9 Å². The molecule has 2 aromatic carbocycles. The molecule has 1 fully saturated rings. The van der Waals surface area contributed by atoms with E-state index < -0.39 is 6.10 Å². The average Bonchev–Trinajstić information content (AvgIpc) is 3.18. The lowest BCUT2D eigenvalue weighted by Gasteiger charge is -2.38. The van der Waals surface area contributed by atoms with Crippen LogP contribution in [0.15, 0.2) is 48.7 Å². The molecular weight excluding hydrogens is 376 g/mol. The van der Waals surface area contributed by atoms with Crippen molar-refractivity contribution in [2.45, 2.75) is 25.9 Å². The fourth-order valence-electron chi connectivity index (χ4n) is 4.50. The summed E-state index contributed by atoms with van der Waals surface area (Å²) >= 11 is 0. The van der Waals surface area contributed by atoms with Gasteiger partial charge in [-0.25, -0.2) is 0 Å². The molecule has 3 heterocycles. The summed E-state index contributed by atoms with van der Waals surface area (Å²) in [7, 11) is 0. The van der Waals surface area contributed by atoms with Crippen molar-refractivity contribution in [3.8, 4) is 5.75 Å². The van der Waals surface area contributed by atoms with Crippen LogP contribution in [0, 0.1) is 0 Å². The van der Waals surface area contributed by atoms with Crippen molar-refractivity contribution in [2.24, 2.45) is 0 Å². The second-order valence-corrected chi connectivity index (χ2v) is 8.19. The van der Waals surface area contributed by atoms with Crippen molar-refractivity contribution in [1.82, 2.24) is 9.88 Å². The standard InChI is InChI=1S/C24H28N4O2/c1-17-24(29)26-21-9-4-10-22(23(21)30-17)28-14-12-27(13-15-28)11-5-6-18-16-25-20-8-3-2-7-19(18)20/h2-4,7-10,16-17,25H,5-6,11-15H2,1H3,(H,26,29)/t17-/m1/s1. The molecule has 30 heavy (non-hydrogen) atoms. The number of nitrogens with one attached hydrogen (secondary N) is 2. The zero-order valence-electron chi connectivity index (χ0n) is 17.4. The van der Waals surface area contributed by atoms with Crippen molar-refractivity contribution >= 4 is 28.2 Å². The molecule has 0 radical (unpaired) electrons. The number of piperazine rings is 1. The predicted molar refractivity (Wildman–Crippen MR) is 120 cm³/mol. The summed E-state index contributed by atoms with van der Waals surface area (Å²) in [6.45, 7) is 6.92. The highest BCUT2D eigenvalue weighted by atomic mass is 16.5. The van der Waals surface area contributed by atoms with Crippen molar-refractivity contribution in [1.29, 1.82) is 0 Å². The molecule has 1 saturated heterocycles. The molecule has 3 aromatic rings. The highest BCUT2D eigenvalue weighted by Gasteiger charge is 2.28. The van der Waals surface area contributed by atoms with Crippen LogP contribution in [0.3, 0.4) is 0 Å². The zero-order chi connectivity index (χ0) is 20.5. The van der Waals surface area contributed by atoms with Gasteiger partial charge in [0.1, 0.15) is 0 Å². The van der Waals surface area contributed by atoms with Gasteiger partial charge in [-0.3, -0.25) is 9.69 Å². The summed E-state index contributed by atoms with van der Waals surface area (Å²) in [5.74, 6) is 0.719. The fourth-order valence-corrected chi connectivity index (χ4v) is 4.50. The minimum absolute atomic E-state index is 0.0836. The number of fused-ring (bicyclic) bond motifs is 2. The van der Waals surface area contributed by atoms with Crippen LogP contribution in [0.5, 0.6) is 5.75 Å². The first-order chi connectivity index (χ1) is 14.7. The number of rotatable bonds is 5. The normalized spacial score (nSPS) is 19.4. The Morgan fingerprint density at radius 2 is 1.90 bits per heavy atom. The van der Waals surface area contributed by atoms with E-state index in [0.29, 0.717) is 0 Å². The monoisotopic (exact) mass is 404 g/mol. The zero-order valence-corrected chi connectivity index (χ0v) is 17.4. The highest BCUT2D eigenvalue weighted by molar-refractivity contribution is 5.99. The van der Waals surface area contributed by atoms with Crippen LogP contribution >= 0.6 is 0 Å². The molecule has 156 valence electrons. The molecule has 5 rings (SSSR count). The maximum Gasteiger partial charge on any atom is 0.265 e.